The Labute approximate surface area is 158 Å². The molecule has 0 spiro atoms. The first-order valence-corrected chi connectivity index (χ1v) is 9.25. The van der Waals surface area contributed by atoms with Gasteiger partial charge >= 0.3 is 0 Å². The van der Waals surface area contributed by atoms with Crippen LogP contribution in [0.3, 0.4) is 0 Å². The lowest BCUT2D eigenvalue weighted by Gasteiger charge is -2.36. The van der Waals surface area contributed by atoms with Crippen LogP contribution in [0, 0.1) is 0 Å². The molecule has 1 aromatic heterocycles. The third kappa shape index (κ3) is 3.96. The Morgan fingerprint density at radius 2 is 2.04 bits per heavy atom. The SMILES string of the molecule is Clc1cccc(C2CNCCN2CCc2nc(-c3ccccc3)no2)c1. The van der Waals surface area contributed by atoms with Crippen molar-refractivity contribution >= 4 is 11.6 Å². The molecule has 3 aromatic rings. The number of piperazine rings is 1. The number of rotatable bonds is 5. The molecule has 1 atom stereocenters. The Hall–Kier alpha value is -2.21. The summed E-state index contributed by atoms with van der Waals surface area (Å²) in [5, 5.41) is 8.35. The zero-order chi connectivity index (χ0) is 17.8. The molecule has 0 bridgehead atoms. The maximum Gasteiger partial charge on any atom is 0.228 e. The minimum absolute atomic E-state index is 0.305. The van der Waals surface area contributed by atoms with Crippen LogP contribution in [-0.4, -0.2) is 41.2 Å². The van der Waals surface area contributed by atoms with E-state index in [0.29, 0.717) is 17.8 Å². The molecule has 4 rings (SSSR count). The number of benzene rings is 2. The van der Waals surface area contributed by atoms with Gasteiger partial charge in [-0.1, -0.05) is 59.2 Å². The number of hydrogen-bond acceptors (Lipinski definition) is 5. The van der Waals surface area contributed by atoms with Gasteiger partial charge in [0.1, 0.15) is 0 Å². The van der Waals surface area contributed by atoms with Gasteiger partial charge in [-0.25, -0.2) is 0 Å². The van der Waals surface area contributed by atoms with E-state index in [1.54, 1.807) is 0 Å². The van der Waals surface area contributed by atoms with Crippen molar-refractivity contribution in [3.8, 4) is 11.4 Å². The van der Waals surface area contributed by atoms with Crippen LogP contribution in [0.1, 0.15) is 17.5 Å². The van der Waals surface area contributed by atoms with E-state index in [-0.39, 0.29) is 0 Å². The van der Waals surface area contributed by atoms with Gasteiger partial charge in [0.25, 0.3) is 0 Å². The summed E-state index contributed by atoms with van der Waals surface area (Å²) in [4.78, 5) is 6.99. The average molecular weight is 369 g/mol. The largest absolute Gasteiger partial charge is 0.339 e. The fourth-order valence-electron chi connectivity index (χ4n) is 3.36. The second-order valence-electron chi connectivity index (χ2n) is 6.44. The van der Waals surface area contributed by atoms with Crippen molar-refractivity contribution in [3.05, 3.63) is 71.1 Å². The third-order valence-corrected chi connectivity index (χ3v) is 4.94. The highest BCUT2D eigenvalue weighted by molar-refractivity contribution is 6.30. The summed E-state index contributed by atoms with van der Waals surface area (Å²) < 4.78 is 5.45. The molecular weight excluding hydrogens is 348 g/mol. The zero-order valence-corrected chi connectivity index (χ0v) is 15.2. The monoisotopic (exact) mass is 368 g/mol. The van der Waals surface area contributed by atoms with Gasteiger partial charge in [-0.05, 0) is 17.7 Å². The highest BCUT2D eigenvalue weighted by Gasteiger charge is 2.24. The van der Waals surface area contributed by atoms with Gasteiger partial charge in [0.2, 0.25) is 11.7 Å². The van der Waals surface area contributed by atoms with E-state index in [4.69, 9.17) is 16.1 Å². The van der Waals surface area contributed by atoms with Gasteiger partial charge in [0, 0.05) is 49.2 Å². The Balaban J connectivity index is 1.44. The van der Waals surface area contributed by atoms with Crippen LogP contribution in [-0.2, 0) is 6.42 Å². The highest BCUT2D eigenvalue weighted by Crippen LogP contribution is 2.25. The van der Waals surface area contributed by atoms with Gasteiger partial charge in [-0.3, -0.25) is 4.90 Å². The molecule has 1 aliphatic heterocycles. The second kappa shape index (κ2) is 7.99. The van der Waals surface area contributed by atoms with Crippen LogP contribution in [0.5, 0.6) is 0 Å². The standard InChI is InChI=1S/C20H21ClN4O/c21-17-8-4-7-16(13-17)18-14-22-10-12-25(18)11-9-19-23-20(24-26-19)15-5-2-1-3-6-15/h1-8,13,18,22H,9-12,14H2. The first kappa shape index (κ1) is 17.2. The molecule has 0 amide bonds. The summed E-state index contributed by atoms with van der Waals surface area (Å²) >= 11 is 6.17. The molecule has 134 valence electrons. The fraction of sp³-hybridized carbons (Fsp3) is 0.300. The van der Waals surface area contributed by atoms with Crippen LogP contribution in [0.2, 0.25) is 5.02 Å². The van der Waals surface area contributed by atoms with Crippen molar-refractivity contribution in [1.82, 2.24) is 20.4 Å². The molecule has 1 N–H and O–H groups in total. The van der Waals surface area contributed by atoms with Crippen molar-refractivity contribution in [1.29, 1.82) is 0 Å². The molecule has 6 heteroatoms. The van der Waals surface area contributed by atoms with E-state index in [9.17, 15) is 0 Å². The Kier molecular flexibility index (Phi) is 5.29. The average Bonchev–Trinajstić information content (AvgIpc) is 3.16. The van der Waals surface area contributed by atoms with Crippen LogP contribution in [0.4, 0.5) is 0 Å². The first-order chi connectivity index (χ1) is 12.8. The maximum absolute atomic E-state index is 6.17. The summed E-state index contributed by atoms with van der Waals surface area (Å²) in [5.41, 5.74) is 2.21. The van der Waals surface area contributed by atoms with Gasteiger partial charge in [-0.15, -0.1) is 0 Å². The molecule has 2 aromatic carbocycles. The normalized spacial score (nSPS) is 18.1. The molecule has 2 heterocycles. The number of hydrogen-bond donors (Lipinski definition) is 1. The number of nitrogens with zero attached hydrogens (tertiary/aromatic N) is 3. The van der Waals surface area contributed by atoms with E-state index >= 15 is 0 Å². The molecule has 26 heavy (non-hydrogen) atoms. The van der Waals surface area contributed by atoms with E-state index in [1.165, 1.54) is 5.56 Å². The summed E-state index contributed by atoms with van der Waals surface area (Å²) in [6.07, 6.45) is 0.733. The molecule has 1 saturated heterocycles. The predicted octanol–water partition coefficient (Wildman–Crippen LogP) is 3.58. The van der Waals surface area contributed by atoms with Crippen LogP contribution < -0.4 is 5.32 Å². The third-order valence-electron chi connectivity index (χ3n) is 4.70. The highest BCUT2D eigenvalue weighted by atomic mass is 35.5. The minimum Gasteiger partial charge on any atom is -0.339 e. The Bertz CT molecular complexity index is 852. The van der Waals surface area contributed by atoms with Gasteiger partial charge in [0.15, 0.2) is 0 Å². The smallest absolute Gasteiger partial charge is 0.228 e. The number of halogens is 1. The molecular formula is C20H21ClN4O. The molecule has 1 fully saturated rings. The van der Waals surface area contributed by atoms with Crippen LogP contribution >= 0.6 is 11.6 Å². The van der Waals surface area contributed by atoms with E-state index in [0.717, 1.165) is 43.2 Å². The van der Waals surface area contributed by atoms with Gasteiger partial charge < -0.3 is 9.84 Å². The van der Waals surface area contributed by atoms with Crippen molar-refractivity contribution in [3.63, 3.8) is 0 Å². The van der Waals surface area contributed by atoms with E-state index in [1.807, 2.05) is 48.5 Å². The van der Waals surface area contributed by atoms with Crippen molar-refractivity contribution < 1.29 is 4.52 Å². The van der Waals surface area contributed by atoms with Crippen LogP contribution in [0.25, 0.3) is 11.4 Å². The van der Waals surface area contributed by atoms with Crippen molar-refractivity contribution in [2.75, 3.05) is 26.2 Å². The Morgan fingerprint density at radius 1 is 1.15 bits per heavy atom. The molecule has 5 nitrogen and oxygen atoms in total. The lowest BCUT2D eigenvalue weighted by molar-refractivity contribution is 0.159. The van der Waals surface area contributed by atoms with Crippen molar-refractivity contribution in [2.45, 2.75) is 12.5 Å². The number of aromatic nitrogens is 2. The summed E-state index contributed by atoms with van der Waals surface area (Å²) in [6, 6.07) is 18.3. The lowest BCUT2D eigenvalue weighted by atomic mass is 10.0. The Morgan fingerprint density at radius 3 is 2.88 bits per heavy atom. The van der Waals surface area contributed by atoms with E-state index in [2.05, 4.69) is 26.4 Å². The molecule has 1 unspecified atom stereocenters. The second-order valence-corrected chi connectivity index (χ2v) is 6.88. The molecule has 0 saturated carbocycles. The zero-order valence-electron chi connectivity index (χ0n) is 14.4. The summed E-state index contributed by atoms with van der Waals surface area (Å²) in [6.45, 7) is 3.75. The van der Waals surface area contributed by atoms with Gasteiger partial charge in [0.05, 0.1) is 0 Å². The maximum atomic E-state index is 6.17. The predicted molar refractivity (Wildman–Crippen MR) is 102 cm³/mol. The van der Waals surface area contributed by atoms with Crippen molar-refractivity contribution in [2.24, 2.45) is 0 Å². The van der Waals surface area contributed by atoms with Gasteiger partial charge in [-0.2, -0.15) is 4.98 Å². The molecule has 0 aliphatic carbocycles. The minimum atomic E-state index is 0.305. The van der Waals surface area contributed by atoms with Crippen LogP contribution in [0.15, 0.2) is 59.1 Å². The van der Waals surface area contributed by atoms with E-state index < -0.39 is 0 Å². The quantitative estimate of drug-likeness (QED) is 0.746. The first-order valence-electron chi connectivity index (χ1n) is 8.88. The topological polar surface area (TPSA) is 54.2 Å². The summed E-state index contributed by atoms with van der Waals surface area (Å²) in [7, 11) is 0. The fourth-order valence-corrected chi connectivity index (χ4v) is 3.56. The molecule has 1 aliphatic rings. The summed E-state index contributed by atoms with van der Waals surface area (Å²) in [5.74, 6) is 1.32. The molecule has 0 radical (unpaired) electrons. The lowest BCUT2D eigenvalue weighted by Crippen LogP contribution is -2.46. The number of nitrogens with one attached hydrogen (secondary N) is 1.